The summed E-state index contributed by atoms with van der Waals surface area (Å²) in [5, 5.41) is 0. The summed E-state index contributed by atoms with van der Waals surface area (Å²) in [6.45, 7) is 2.57. The number of Topliss-reactive ketones (excluding diaryl/α,β-unsaturated/α-hetero) is 1. The van der Waals surface area contributed by atoms with Gasteiger partial charge in [0.15, 0.2) is 5.78 Å². The van der Waals surface area contributed by atoms with Crippen LogP contribution in [0.1, 0.15) is 23.7 Å². The lowest BCUT2D eigenvalue weighted by atomic mass is 10.1. The molecule has 1 fully saturated rings. The van der Waals surface area contributed by atoms with Crippen LogP contribution in [0.5, 0.6) is 0 Å². The molecule has 0 radical (unpaired) electrons. The predicted molar refractivity (Wildman–Crippen MR) is 67.1 cm³/mol. The van der Waals surface area contributed by atoms with E-state index in [2.05, 4.69) is 0 Å². The zero-order valence-corrected chi connectivity index (χ0v) is 11.0. The van der Waals surface area contributed by atoms with E-state index in [-0.39, 0.29) is 18.7 Å². The molecule has 2 rings (SSSR count). The number of carbonyl (C=O) groups is 1. The van der Waals surface area contributed by atoms with E-state index in [4.69, 9.17) is 4.74 Å². The molecular formula is C14H17F2NO2. The maximum Gasteiger partial charge on any atom is 0.182 e. The summed E-state index contributed by atoms with van der Waals surface area (Å²) >= 11 is 0. The summed E-state index contributed by atoms with van der Waals surface area (Å²) in [6, 6.07) is 3.55. The Hall–Kier alpha value is -1.33. The number of halogens is 2. The van der Waals surface area contributed by atoms with Crippen LogP contribution in [0, 0.1) is 11.6 Å². The zero-order valence-electron chi connectivity index (χ0n) is 11.0. The first-order chi connectivity index (χ1) is 9.00. The normalized spacial score (nSPS) is 23.0. The van der Waals surface area contributed by atoms with Crippen molar-refractivity contribution in [3.63, 3.8) is 0 Å². The average molecular weight is 269 g/mol. The number of carbonyl (C=O) groups excluding carboxylic acids is 1. The number of nitrogens with zero attached hydrogens (tertiary/aromatic N) is 1. The molecule has 0 spiro atoms. The smallest absolute Gasteiger partial charge is 0.182 e. The maximum atomic E-state index is 13.5. The highest BCUT2D eigenvalue weighted by Crippen LogP contribution is 2.19. The largest absolute Gasteiger partial charge is 0.377 e. The van der Waals surface area contributed by atoms with Gasteiger partial charge >= 0.3 is 0 Å². The van der Waals surface area contributed by atoms with Crippen molar-refractivity contribution in [3.05, 3.63) is 35.4 Å². The highest BCUT2D eigenvalue weighted by Gasteiger charge is 2.29. The van der Waals surface area contributed by atoms with Crippen molar-refractivity contribution in [3.8, 4) is 0 Å². The van der Waals surface area contributed by atoms with Gasteiger partial charge in [-0.15, -0.1) is 0 Å². The van der Waals surface area contributed by atoms with E-state index < -0.39 is 23.0 Å². The SMILES string of the molecule is CC1OCCC1N(C)CC(=O)c1c(F)cccc1F. The molecule has 2 atom stereocenters. The molecule has 3 nitrogen and oxygen atoms in total. The van der Waals surface area contributed by atoms with Gasteiger partial charge in [-0.25, -0.2) is 8.78 Å². The minimum atomic E-state index is -0.811. The lowest BCUT2D eigenvalue weighted by molar-refractivity contribution is 0.0741. The van der Waals surface area contributed by atoms with Crippen LogP contribution in [-0.2, 0) is 4.74 Å². The maximum absolute atomic E-state index is 13.5. The molecule has 0 amide bonds. The van der Waals surface area contributed by atoms with Gasteiger partial charge in [0.25, 0.3) is 0 Å². The van der Waals surface area contributed by atoms with Gasteiger partial charge in [0.2, 0.25) is 0 Å². The van der Waals surface area contributed by atoms with Gasteiger partial charge in [0.05, 0.1) is 18.2 Å². The molecule has 1 aliphatic heterocycles. The first-order valence-corrected chi connectivity index (χ1v) is 6.29. The zero-order chi connectivity index (χ0) is 14.0. The summed E-state index contributed by atoms with van der Waals surface area (Å²) in [4.78, 5) is 13.8. The first kappa shape index (κ1) is 14.1. The van der Waals surface area contributed by atoms with E-state index in [1.54, 1.807) is 11.9 Å². The summed E-state index contributed by atoms with van der Waals surface area (Å²) in [7, 11) is 1.77. The van der Waals surface area contributed by atoms with Crippen LogP contribution in [0.3, 0.4) is 0 Å². The fourth-order valence-electron chi connectivity index (χ4n) is 2.49. The van der Waals surface area contributed by atoms with E-state index in [0.717, 1.165) is 18.6 Å². The van der Waals surface area contributed by atoms with Crippen molar-refractivity contribution in [2.75, 3.05) is 20.2 Å². The monoisotopic (exact) mass is 269 g/mol. The van der Waals surface area contributed by atoms with Crippen LogP contribution in [0.25, 0.3) is 0 Å². The van der Waals surface area contributed by atoms with Gasteiger partial charge in [0, 0.05) is 12.6 Å². The number of ether oxygens (including phenoxy) is 1. The number of hydrogen-bond donors (Lipinski definition) is 0. The van der Waals surface area contributed by atoms with Crippen molar-refractivity contribution in [2.45, 2.75) is 25.5 Å². The quantitative estimate of drug-likeness (QED) is 0.785. The third kappa shape index (κ3) is 2.98. The van der Waals surface area contributed by atoms with E-state index >= 15 is 0 Å². The van der Waals surface area contributed by atoms with E-state index in [1.807, 2.05) is 6.92 Å². The van der Waals surface area contributed by atoms with Gasteiger partial charge in [-0.1, -0.05) is 6.07 Å². The summed E-state index contributed by atoms with van der Waals surface area (Å²) < 4.78 is 32.4. The lowest BCUT2D eigenvalue weighted by Crippen LogP contribution is -2.40. The average Bonchev–Trinajstić information content (AvgIpc) is 2.75. The molecule has 1 aromatic rings. The topological polar surface area (TPSA) is 29.5 Å². The van der Waals surface area contributed by atoms with Gasteiger partial charge < -0.3 is 4.74 Å². The Labute approximate surface area is 111 Å². The Bertz CT molecular complexity index is 458. The Morgan fingerprint density at radius 2 is 2.05 bits per heavy atom. The van der Waals surface area contributed by atoms with Gasteiger partial charge in [0.1, 0.15) is 11.6 Å². The molecule has 1 aromatic carbocycles. The minimum Gasteiger partial charge on any atom is -0.377 e. The molecule has 0 aliphatic carbocycles. The second kappa shape index (κ2) is 5.75. The van der Waals surface area contributed by atoms with Crippen molar-refractivity contribution in [2.24, 2.45) is 0 Å². The molecule has 1 aliphatic rings. The predicted octanol–water partition coefficient (Wildman–Crippen LogP) is 2.26. The number of benzene rings is 1. The molecule has 0 bridgehead atoms. The van der Waals surface area contributed by atoms with Crippen LogP contribution < -0.4 is 0 Å². The molecule has 2 unspecified atom stereocenters. The Morgan fingerprint density at radius 3 is 2.58 bits per heavy atom. The van der Waals surface area contributed by atoms with Crippen LogP contribution in [0.2, 0.25) is 0 Å². The fraction of sp³-hybridized carbons (Fsp3) is 0.500. The second-order valence-corrected chi connectivity index (χ2v) is 4.87. The van der Waals surface area contributed by atoms with E-state index in [1.165, 1.54) is 6.07 Å². The Kier molecular flexibility index (Phi) is 4.27. The number of ketones is 1. The van der Waals surface area contributed by atoms with Crippen LogP contribution in [0.15, 0.2) is 18.2 Å². The molecule has 104 valence electrons. The summed E-state index contributed by atoms with van der Waals surface area (Å²) in [6.07, 6.45) is 0.855. The molecule has 1 heterocycles. The van der Waals surface area contributed by atoms with Gasteiger partial charge in [-0.2, -0.15) is 0 Å². The molecule has 0 aromatic heterocycles. The highest BCUT2D eigenvalue weighted by atomic mass is 19.1. The van der Waals surface area contributed by atoms with Gasteiger partial charge in [-0.3, -0.25) is 9.69 Å². The number of likely N-dealkylation sites (N-methyl/N-ethyl adjacent to an activating group) is 1. The molecule has 0 saturated carbocycles. The van der Waals surface area contributed by atoms with Crippen molar-refractivity contribution in [1.29, 1.82) is 0 Å². The first-order valence-electron chi connectivity index (χ1n) is 6.29. The second-order valence-electron chi connectivity index (χ2n) is 4.87. The third-order valence-electron chi connectivity index (χ3n) is 3.54. The standard InChI is InChI=1S/C14H17F2NO2/c1-9-12(6-7-19-9)17(2)8-13(18)14-10(15)4-3-5-11(14)16/h3-5,9,12H,6-8H2,1-2H3. The lowest BCUT2D eigenvalue weighted by Gasteiger charge is -2.25. The highest BCUT2D eigenvalue weighted by molar-refractivity contribution is 5.98. The fourth-order valence-corrected chi connectivity index (χ4v) is 2.49. The summed E-state index contributed by atoms with van der Waals surface area (Å²) in [5.41, 5.74) is -0.457. The molecular weight excluding hydrogens is 252 g/mol. The number of hydrogen-bond acceptors (Lipinski definition) is 3. The summed E-state index contributed by atoms with van der Waals surface area (Å²) in [5.74, 6) is -2.17. The molecule has 19 heavy (non-hydrogen) atoms. The Morgan fingerprint density at radius 1 is 1.42 bits per heavy atom. The molecule has 0 N–H and O–H groups in total. The van der Waals surface area contributed by atoms with E-state index in [0.29, 0.717) is 6.61 Å². The van der Waals surface area contributed by atoms with E-state index in [9.17, 15) is 13.6 Å². The van der Waals surface area contributed by atoms with Crippen molar-refractivity contribution in [1.82, 2.24) is 4.90 Å². The number of rotatable bonds is 4. The Balaban J connectivity index is 2.09. The van der Waals surface area contributed by atoms with Gasteiger partial charge in [-0.05, 0) is 32.5 Å². The van der Waals surface area contributed by atoms with Crippen molar-refractivity contribution < 1.29 is 18.3 Å². The van der Waals surface area contributed by atoms with Crippen LogP contribution in [0.4, 0.5) is 8.78 Å². The molecule has 1 saturated heterocycles. The van der Waals surface area contributed by atoms with Crippen molar-refractivity contribution >= 4 is 5.78 Å². The molecule has 5 heteroatoms. The third-order valence-corrected chi connectivity index (χ3v) is 3.54. The minimum absolute atomic E-state index is 0.0176. The van der Waals surface area contributed by atoms with Crippen LogP contribution >= 0.6 is 0 Å². The van der Waals surface area contributed by atoms with Crippen LogP contribution in [-0.4, -0.2) is 43.0 Å².